The monoisotopic (exact) mass is 225 g/mol. The predicted molar refractivity (Wildman–Crippen MR) is 63.7 cm³/mol. The fourth-order valence-electron chi connectivity index (χ4n) is 1.63. The van der Waals surface area contributed by atoms with Crippen molar-refractivity contribution in [3.8, 4) is 17.1 Å². The molecule has 1 N–H and O–H groups in total. The van der Waals surface area contributed by atoms with Gasteiger partial charge in [-0.3, -0.25) is 5.10 Å². The van der Waals surface area contributed by atoms with Gasteiger partial charge in [-0.2, -0.15) is 10.2 Å². The first-order valence-corrected chi connectivity index (χ1v) is 5.32. The van der Waals surface area contributed by atoms with Crippen molar-refractivity contribution in [2.45, 2.75) is 6.92 Å². The van der Waals surface area contributed by atoms with E-state index in [2.05, 4.69) is 20.3 Å². The van der Waals surface area contributed by atoms with E-state index in [1.165, 1.54) is 0 Å². The molecule has 2 aromatic heterocycles. The van der Waals surface area contributed by atoms with Gasteiger partial charge in [0.25, 0.3) is 0 Å². The maximum atomic E-state index is 4.29. The molecule has 0 unspecified atom stereocenters. The minimum atomic E-state index is 0.671. The third-order valence-electron chi connectivity index (χ3n) is 2.46. The molecule has 5 nitrogen and oxygen atoms in total. The summed E-state index contributed by atoms with van der Waals surface area (Å²) < 4.78 is 1.81. The molecule has 5 heteroatoms. The van der Waals surface area contributed by atoms with Crippen LogP contribution in [0, 0.1) is 6.92 Å². The molecule has 0 aliphatic heterocycles. The zero-order valence-electron chi connectivity index (χ0n) is 9.33. The Labute approximate surface area is 98.1 Å². The summed E-state index contributed by atoms with van der Waals surface area (Å²) in [5.41, 5.74) is 1.92. The van der Waals surface area contributed by atoms with E-state index in [1.54, 1.807) is 10.9 Å². The van der Waals surface area contributed by atoms with Crippen LogP contribution in [-0.2, 0) is 0 Å². The van der Waals surface area contributed by atoms with Gasteiger partial charge in [0.2, 0.25) is 0 Å². The van der Waals surface area contributed by atoms with E-state index in [0.717, 1.165) is 17.1 Å². The molecular weight excluding hydrogens is 214 g/mol. The van der Waals surface area contributed by atoms with Gasteiger partial charge in [-0.1, -0.05) is 18.2 Å². The Bertz CT molecular complexity index is 623. The molecule has 0 atom stereocenters. The zero-order chi connectivity index (χ0) is 11.7. The fourth-order valence-corrected chi connectivity index (χ4v) is 1.63. The molecule has 3 rings (SSSR count). The molecule has 0 fully saturated rings. The zero-order valence-corrected chi connectivity index (χ0v) is 9.33. The van der Waals surface area contributed by atoms with Gasteiger partial charge in [0.05, 0.1) is 17.4 Å². The van der Waals surface area contributed by atoms with Crippen LogP contribution in [0.25, 0.3) is 17.1 Å². The van der Waals surface area contributed by atoms with E-state index >= 15 is 0 Å². The third-order valence-corrected chi connectivity index (χ3v) is 2.46. The summed E-state index contributed by atoms with van der Waals surface area (Å²) in [7, 11) is 0. The van der Waals surface area contributed by atoms with Gasteiger partial charge in [-0.05, 0) is 19.1 Å². The van der Waals surface area contributed by atoms with Crippen molar-refractivity contribution >= 4 is 0 Å². The lowest BCUT2D eigenvalue weighted by molar-refractivity contribution is 0.880. The highest BCUT2D eigenvalue weighted by molar-refractivity contribution is 5.52. The molecule has 0 spiro atoms. The number of nitrogens with one attached hydrogen (secondary N) is 1. The van der Waals surface area contributed by atoms with Crippen LogP contribution in [0.15, 0.2) is 42.7 Å². The second-order valence-corrected chi connectivity index (χ2v) is 3.75. The van der Waals surface area contributed by atoms with Crippen LogP contribution in [0.1, 0.15) is 5.82 Å². The SMILES string of the molecule is Cc1nc(-c2cnn(-c3ccccc3)c2)n[nH]1. The van der Waals surface area contributed by atoms with Crippen molar-refractivity contribution < 1.29 is 0 Å². The lowest BCUT2D eigenvalue weighted by Crippen LogP contribution is -1.92. The van der Waals surface area contributed by atoms with Gasteiger partial charge in [0.1, 0.15) is 5.82 Å². The highest BCUT2D eigenvalue weighted by Crippen LogP contribution is 2.15. The summed E-state index contributed by atoms with van der Waals surface area (Å²) >= 11 is 0. The number of nitrogens with zero attached hydrogens (tertiary/aromatic N) is 4. The van der Waals surface area contributed by atoms with E-state index < -0.39 is 0 Å². The van der Waals surface area contributed by atoms with Gasteiger partial charge in [0, 0.05) is 6.20 Å². The number of rotatable bonds is 2. The number of aromatic amines is 1. The summed E-state index contributed by atoms with van der Waals surface area (Å²) in [6.07, 6.45) is 3.67. The highest BCUT2D eigenvalue weighted by atomic mass is 15.3. The smallest absolute Gasteiger partial charge is 0.184 e. The van der Waals surface area contributed by atoms with Crippen molar-refractivity contribution in [2.75, 3.05) is 0 Å². The average molecular weight is 225 g/mol. The van der Waals surface area contributed by atoms with Crippen LogP contribution >= 0.6 is 0 Å². The summed E-state index contributed by atoms with van der Waals surface area (Å²) in [5.74, 6) is 1.47. The summed E-state index contributed by atoms with van der Waals surface area (Å²) in [6.45, 7) is 1.87. The topological polar surface area (TPSA) is 59.4 Å². The number of para-hydroxylation sites is 1. The second-order valence-electron chi connectivity index (χ2n) is 3.75. The van der Waals surface area contributed by atoms with Gasteiger partial charge < -0.3 is 0 Å². The van der Waals surface area contributed by atoms with Gasteiger partial charge in [-0.25, -0.2) is 9.67 Å². The van der Waals surface area contributed by atoms with E-state index in [0.29, 0.717) is 5.82 Å². The first kappa shape index (κ1) is 9.77. The minimum absolute atomic E-state index is 0.671. The van der Waals surface area contributed by atoms with Crippen LogP contribution in [-0.4, -0.2) is 25.0 Å². The quantitative estimate of drug-likeness (QED) is 0.725. The minimum Gasteiger partial charge on any atom is -0.263 e. The highest BCUT2D eigenvalue weighted by Gasteiger charge is 2.07. The molecule has 0 amide bonds. The Morgan fingerprint density at radius 2 is 2.00 bits per heavy atom. The molecule has 1 aromatic carbocycles. The average Bonchev–Trinajstić information content (AvgIpc) is 2.98. The van der Waals surface area contributed by atoms with Crippen LogP contribution in [0.3, 0.4) is 0 Å². The van der Waals surface area contributed by atoms with Crippen LogP contribution < -0.4 is 0 Å². The molecule has 0 saturated carbocycles. The summed E-state index contributed by atoms with van der Waals surface area (Å²) in [5, 5.41) is 11.2. The normalized spacial score (nSPS) is 10.6. The number of benzene rings is 1. The first-order valence-electron chi connectivity index (χ1n) is 5.32. The summed E-state index contributed by atoms with van der Waals surface area (Å²) in [6, 6.07) is 9.94. The number of hydrogen-bond donors (Lipinski definition) is 1. The lowest BCUT2D eigenvalue weighted by atomic mass is 10.3. The summed E-state index contributed by atoms with van der Waals surface area (Å²) in [4.78, 5) is 4.27. The molecule has 0 aliphatic rings. The first-order chi connectivity index (χ1) is 8.33. The van der Waals surface area contributed by atoms with Gasteiger partial charge in [0.15, 0.2) is 5.82 Å². The van der Waals surface area contributed by atoms with Gasteiger partial charge >= 0.3 is 0 Å². The Morgan fingerprint density at radius 3 is 2.71 bits per heavy atom. The Hall–Kier alpha value is -2.43. The molecular formula is C12H11N5. The van der Waals surface area contributed by atoms with E-state index in [-0.39, 0.29) is 0 Å². The number of aromatic nitrogens is 5. The van der Waals surface area contributed by atoms with Crippen molar-refractivity contribution in [1.82, 2.24) is 25.0 Å². The Kier molecular flexibility index (Phi) is 2.22. The molecule has 0 radical (unpaired) electrons. The predicted octanol–water partition coefficient (Wildman–Crippen LogP) is 1.97. The molecule has 3 aromatic rings. The molecule has 0 bridgehead atoms. The maximum absolute atomic E-state index is 4.29. The standard InChI is InChI=1S/C12H11N5/c1-9-14-12(16-15-9)10-7-13-17(8-10)11-5-3-2-4-6-11/h2-8H,1H3,(H,14,15,16). The van der Waals surface area contributed by atoms with Gasteiger partial charge in [-0.15, -0.1) is 0 Å². The second kappa shape index (κ2) is 3.86. The molecule has 0 saturated heterocycles. The van der Waals surface area contributed by atoms with Crippen LogP contribution in [0.5, 0.6) is 0 Å². The lowest BCUT2D eigenvalue weighted by Gasteiger charge is -1.98. The molecule has 17 heavy (non-hydrogen) atoms. The van der Waals surface area contributed by atoms with E-state index in [4.69, 9.17) is 0 Å². The number of H-pyrrole nitrogens is 1. The van der Waals surface area contributed by atoms with Crippen molar-refractivity contribution in [3.05, 3.63) is 48.5 Å². The molecule has 84 valence electrons. The molecule has 0 aliphatic carbocycles. The van der Waals surface area contributed by atoms with E-state index in [9.17, 15) is 0 Å². The number of hydrogen-bond acceptors (Lipinski definition) is 3. The van der Waals surface area contributed by atoms with E-state index in [1.807, 2.05) is 43.5 Å². The van der Waals surface area contributed by atoms with Crippen molar-refractivity contribution in [2.24, 2.45) is 0 Å². The van der Waals surface area contributed by atoms with Crippen LogP contribution in [0.4, 0.5) is 0 Å². The molecule has 2 heterocycles. The number of aryl methyl sites for hydroxylation is 1. The Morgan fingerprint density at radius 1 is 1.18 bits per heavy atom. The maximum Gasteiger partial charge on any atom is 0.184 e. The van der Waals surface area contributed by atoms with Crippen LogP contribution in [0.2, 0.25) is 0 Å². The van der Waals surface area contributed by atoms with Crippen molar-refractivity contribution in [1.29, 1.82) is 0 Å². The largest absolute Gasteiger partial charge is 0.263 e. The Balaban J connectivity index is 1.99. The fraction of sp³-hybridized carbons (Fsp3) is 0.0833. The van der Waals surface area contributed by atoms with Crippen molar-refractivity contribution in [3.63, 3.8) is 0 Å². The third kappa shape index (κ3) is 1.82.